The van der Waals surface area contributed by atoms with E-state index >= 15 is 0 Å². The van der Waals surface area contributed by atoms with Crippen LogP contribution in [0, 0.1) is 11.8 Å². The Bertz CT molecular complexity index is 1350. The average Bonchev–Trinajstić information content (AvgIpc) is 3.79. The van der Waals surface area contributed by atoms with Crippen LogP contribution in [0.4, 0.5) is 5.69 Å². The maximum absolute atomic E-state index is 13.7. The fraction of sp³-hybridized carbons (Fsp3) is 0.528. The van der Waals surface area contributed by atoms with Crippen LogP contribution in [-0.4, -0.2) is 65.0 Å². The molecule has 1 aliphatic heterocycles. The van der Waals surface area contributed by atoms with E-state index in [4.69, 9.17) is 17.0 Å². The van der Waals surface area contributed by atoms with Crippen LogP contribution in [0.1, 0.15) is 72.8 Å². The fourth-order valence-electron chi connectivity index (χ4n) is 5.11. The monoisotopic (exact) mass is 665 g/mol. The molecule has 0 spiro atoms. The van der Waals surface area contributed by atoms with E-state index in [9.17, 15) is 19.2 Å². The number of rotatable bonds is 18. The zero-order chi connectivity index (χ0) is 34.6. The lowest BCUT2D eigenvalue weighted by atomic mass is 9.94. The predicted molar refractivity (Wildman–Crippen MR) is 189 cm³/mol. The number of carbonyl (C=O) groups is 4. The molecule has 3 amide bonds. The van der Waals surface area contributed by atoms with E-state index in [1.165, 1.54) is 0 Å². The molecule has 1 fully saturated rings. The molecule has 2 aromatic rings. The highest BCUT2D eigenvalue weighted by Gasteiger charge is 2.50. The van der Waals surface area contributed by atoms with Crippen LogP contribution in [0.25, 0.3) is 0 Å². The zero-order valence-corrected chi connectivity index (χ0v) is 29.2. The van der Waals surface area contributed by atoms with E-state index in [1.807, 2.05) is 74.5 Å². The van der Waals surface area contributed by atoms with Gasteiger partial charge in [-0.2, -0.15) is 0 Å². The average molecular weight is 666 g/mol. The second kappa shape index (κ2) is 17.9. The molecule has 256 valence electrons. The van der Waals surface area contributed by atoms with Crippen molar-refractivity contribution in [2.45, 2.75) is 103 Å². The summed E-state index contributed by atoms with van der Waals surface area (Å²) in [5, 5.41) is 15.0. The Morgan fingerprint density at radius 1 is 0.723 bits per heavy atom. The Morgan fingerprint density at radius 3 is 1.87 bits per heavy atom. The number of hydrogen-bond acceptors (Lipinski definition) is 6. The molecular formula is C36H51N5O5S. The summed E-state index contributed by atoms with van der Waals surface area (Å²) in [5.41, 5.74) is 0.971. The second-order valence-corrected chi connectivity index (χ2v) is 13.8. The Balaban J connectivity index is 1.68. The summed E-state index contributed by atoms with van der Waals surface area (Å²) in [7, 11) is 0. The molecule has 5 atom stereocenters. The minimum absolute atomic E-state index is 0.0732. The number of Topliss-reactive ketones (excluding diaryl/α,β-unsaturated/α-hetero) is 1. The second-order valence-electron chi connectivity index (χ2n) is 13.4. The lowest BCUT2D eigenvalue weighted by Gasteiger charge is -2.27. The van der Waals surface area contributed by atoms with E-state index < -0.39 is 41.6 Å². The largest absolute Gasteiger partial charge is 0.361 e. The Hall–Kier alpha value is -3.83. The lowest BCUT2D eigenvalue weighted by Crippen LogP contribution is -2.58. The van der Waals surface area contributed by atoms with Gasteiger partial charge in [0.25, 0.3) is 0 Å². The normalized spacial score (nSPS) is 18.0. The number of amides is 3. The van der Waals surface area contributed by atoms with E-state index in [0.29, 0.717) is 38.2 Å². The number of nitrogens with one attached hydrogen (secondary N) is 5. The van der Waals surface area contributed by atoms with Crippen LogP contribution in [-0.2, 0) is 30.3 Å². The number of para-hydroxylation sites is 1. The molecule has 47 heavy (non-hydrogen) atoms. The van der Waals surface area contributed by atoms with E-state index in [2.05, 4.69) is 40.4 Å². The molecular weight excluding hydrogens is 614 g/mol. The lowest BCUT2D eigenvalue weighted by molar-refractivity contribution is -0.134. The van der Waals surface area contributed by atoms with Crippen molar-refractivity contribution >= 4 is 46.5 Å². The third kappa shape index (κ3) is 12.7. The van der Waals surface area contributed by atoms with Gasteiger partial charge in [-0.3, -0.25) is 19.2 Å². The molecule has 1 saturated heterocycles. The Labute approximate surface area is 284 Å². The van der Waals surface area contributed by atoms with Gasteiger partial charge in [-0.05, 0) is 87.7 Å². The van der Waals surface area contributed by atoms with Gasteiger partial charge in [-0.25, -0.2) is 0 Å². The molecule has 0 aromatic heterocycles. The van der Waals surface area contributed by atoms with Crippen molar-refractivity contribution in [1.29, 1.82) is 0 Å². The first-order valence-electron chi connectivity index (χ1n) is 16.5. The first-order valence-corrected chi connectivity index (χ1v) is 16.9. The third-order valence-electron chi connectivity index (χ3n) is 8.07. The van der Waals surface area contributed by atoms with Crippen molar-refractivity contribution in [1.82, 2.24) is 21.3 Å². The van der Waals surface area contributed by atoms with Crippen LogP contribution in [0.5, 0.6) is 0 Å². The van der Waals surface area contributed by atoms with E-state index in [0.717, 1.165) is 17.7 Å². The summed E-state index contributed by atoms with van der Waals surface area (Å²) in [6, 6.07) is 15.9. The highest BCUT2D eigenvalue weighted by atomic mass is 32.1. The number of anilines is 1. The number of benzene rings is 2. The molecule has 0 saturated carbocycles. The SMILES string of the molecule is CC(C)CC[C@H](NC(=O)[C@H](C)NC(=O)[C@H](CC(C)C)NC(=O)[C@H](CCc1ccccc1)NC(=S)Nc1ccccc1)C(=O)[C@@]1(C)CO1. The van der Waals surface area contributed by atoms with Crippen LogP contribution in [0.2, 0.25) is 0 Å². The standard InChI is InChI=1S/C36H51N5O5S/c1-23(2)17-19-28(31(42)36(6)22-46-36)39-32(43)25(5)37-34(45)30(21-24(3)4)40-33(44)29(20-18-26-13-9-7-10-14-26)41-35(47)38-27-15-11-8-12-16-27/h7-16,23-25,28-30H,17-22H2,1-6H3,(H,37,45)(H,39,43)(H,40,44)(H2,38,41,47)/t25-,28-,29-,30-,36+/m0/s1. The molecule has 11 heteroatoms. The molecule has 1 heterocycles. The molecule has 0 aliphatic carbocycles. The minimum Gasteiger partial charge on any atom is -0.361 e. The number of ether oxygens (including phenoxy) is 1. The van der Waals surface area contributed by atoms with Crippen molar-refractivity contribution in [3.05, 3.63) is 66.2 Å². The molecule has 0 unspecified atom stereocenters. The maximum Gasteiger partial charge on any atom is 0.243 e. The number of carbonyl (C=O) groups excluding carboxylic acids is 4. The number of aryl methyl sites for hydroxylation is 1. The highest BCUT2D eigenvalue weighted by Crippen LogP contribution is 2.29. The molecule has 1 aliphatic rings. The Kier molecular flexibility index (Phi) is 14.3. The summed E-state index contributed by atoms with van der Waals surface area (Å²) in [4.78, 5) is 53.6. The van der Waals surface area contributed by atoms with Crippen molar-refractivity contribution in [3.63, 3.8) is 0 Å². The van der Waals surface area contributed by atoms with Crippen LogP contribution < -0.4 is 26.6 Å². The predicted octanol–water partition coefficient (Wildman–Crippen LogP) is 4.29. The smallest absolute Gasteiger partial charge is 0.243 e. The van der Waals surface area contributed by atoms with Gasteiger partial charge < -0.3 is 31.3 Å². The van der Waals surface area contributed by atoms with Crippen molar-refractivity contribution in [2.75, 3.05) is 11.9 Å². The van der Waals surface area contributed by atoms with Crippen molar-refractivity contribution in [3.8, 4) is 0 Å². The summed E-state index contributed by atoms with van der Waals surface area (Å²) >= 11 is 5.54. The van der Waals surface area contributed by atoms with Gasteiger partial charge in [0, 0.05) is 5.69 Å². The molecule has 5 N–H and O–H groups in total. The van der Waals surface area contributed by atoms with Crippen molar-refractivity contribution in [2.24, 2.45) is 11.8 Å². The van der Waals surface area contributed by atoms with Crippen LogP contribution >= 0.6 is 12.2 Å². The van der Waals surface area contributed by atoms with Gasteiger partial charge in [-0.1, -0.05) is 76.2 Å². The topological polar surface area (TPSA) is 141 Å². The summed E-state index contributed by atoms with van der Waals surface area (Å²) in [6.07, 6.45) is 2.62. The van der Waals surface area contributed by atoms with Gasteiger partial charge in [0.1, 0.15) is 23.7 Å². The van der Waals surface area contributed by atoms with Gasteiger partial charge in [-0.15, -0.1) is 0 Å². The van der Waals surface area contributed by atoms with E-state index in [1.54, 1.807) is 13.8 Å². The molecule has 10 nitrogen and oxygen atoms in total. The molecule has 3 rings (SSSR count). The van der Waals surface area contributed by atoms with E-state index in [-0.39, 0.29) is 22.7 Å². The third-order valence-corrected chi connectivity index (χ3v) is 8.29. The van der Waals surface area contributed by atoms with Gasteiger partial charge in [0.2, 0.25) is 17.7 Å². The molecule has 0 bridgehead atoms. The quantitative estimate of drug-likeness (QED) is 0.117. The fourth-order valence-corrected chi connectivity index (χ4v) is 5.37. The zero-order valence-electron chi connectivity index (χ0n) is 28.4. The number of hydrogen-bond donors (Lipinski definition) is 5. The van der Waals surface area contributed by atoms with Gasteiger partial charge in [0.15, 0.2) is 10.9 Å². The summed E-state index contributed by atoms with van der Waals surface area (Å²) in [6.45, 7) is 11.6. The first-order chi connectivity index (χ1) is 22.3. The molecule has 0 radical (unpaired) electrons. The van der Waals surface area contributed by atoms with Crippen molar-refractivity contribution < 1.29 is 23.9 Å². The summed E-state index contributed by atoms with van der Waals surface area (Å²) < 4.78 is 5.34. The molecule has 2 aromatic carbocycles. The van der Waals surface area contributed by atoms with Crippen LogP contribution in [0.3, 0.4) is 0 Å². The number of ketones is 1. The van der Waals surface area contributed by atoms with Gasteiger partial charge >= 0.3 is 0 Å². The Morgan fingerprint density at radius 2 is 1.30 bits per heavy atom. The van der Waals surface area contributed by atoms with Crippen LogP contribution in [0.15, 0.2) is 60.7 Å². The minimum atomic E-state index is -0.939. The highest BCUT2D eigenvalue weighted by molar-refractivity contribution is 7.80. The first kappa shape index (κ1) is 37.6. The number of thiocarbonyl (C=S) groups is 1. The van der Waals surface area contributed by atoms with Gasteiger partial charge in [0.05, 0.1) is 12.6 Å². The number of epoxide rings is 1. The maximum atomic E-state index is 13.7. The summed E-state index contributed by atoms with van der Waals surface area (Å²) in [5.74, 6) is -1.08.